The normalized spacial score (nSPS) is 11.0. The maximum absolute atomic E-state index is 10.9. The van der Waals surface area contributed by atoms with Gasteiger partial charge in [-0.2, -0.15) is 5.10 Å². The summed E-state index contributed by atoms with van der Waals surface area (Å²) in [4.78, 5) is 13.1. The third-order valence-corrected chi connectivity index (χ3v) is 3.47. The van der Waals surface area contributed by atoms with Crippen molar-refractivity contribution in [1.29, 1.82) is 0 Å². The average molecular weight is 302 g/mol. The Bertz CT molecular complexity index is 610. The molecular weight excluding hydrogens is 280 g/mol. The highest BCUT2D eigenvalue weighted by Crippen LogP contribution is 2.03. The Morgan fingerprint density at radius 2 is 2.09 bits per heavy atom. The molecule has 0 amide bonds. The zero-order valence-corrected chi connectivity index (χ0v) is 13.0. The number of carboxylic acid groups (broad SMARTS) is 1. The molecule has 0 spiro atoms. The van der Waals surface area contributed by atoms with E-state index in [9.17, 15) is 4.79 Å². The van der Waals surface area contributed by atoms with Crippen LogP contribution in [-0.2, 0) is 20.1 Å². The van der Waals surface area contributed by atoms with Crippen molar-refractivity contribution in [3.05, 3.63) is 53.3 Å². The molecule has 0 aliphatic heterocycles. The van der Waals surface area contributed by atoms with Crippen molar-refractivity contribution in [3.8, 4) is 0 Å². The number of aromatic nitrogens is 2. The lowest BCUT2D eigenvalue weighted by molar-refractivity contribution is 0.0689. The van der Waals surface area contributed by atoms with Crippen molar-refractivity contribution in [3.63, 3.8) is 0 Å². The minimum absolute atomic E-state index is 0.0838. The van der Waals surface area contributed by atoms with Crippen molar-refractivity contribution in [2.24, 2.45) is 7.05 Å². The molecule has 0 aliphatic rings. The third kappa shape index (κ3) is 4.68. The van der Waals surface area contributed by atoms with Crippen LogP contribution in [-0.4, -0.2) is 45.9 Å². The summed E-state index contributed by atoms with van der Waals surface area (Å²) in [6.07, 6.45) is 0. The van der Waals surface area contributed by atoms with Crippen LogP contribution in [0.4, 0.5) is 0 Å². The van der Waals surface area contributed by atoms with Crippen molar-refractivity contribution in [1.82, 2.24) is 20.0 Å². The summed E-state index contributed by atoms with van der Waals surface area (Å²) in [6, 6.07) is 11.9. The molecule has 0 saturated heterocycles. The molecule has 1 aromatic heterocycles. The predicted octanol–water partition coefficient (Wildman–Crippen LogP) is 1.34. The van der Waals surface area contributed by atoms with Gasteiger partial charge in [-0.1, -0.05) is 30.3 Å². The molecule has 2 N–H and O–H groups in total. The standard InChI is InChI=1S/C16H22N4O2/c1-19(12-13-6-4-3-5-7-13)9-8-17-11-14-10-15(16(21)22)18-20(14)2/h3-7,10,17H,8-9,11-12H2,1-2H3,(H,21,22). The van der Waals surface area contributed by atoms with Gasteiger partial charge in [-0.25, -0.2) is 4.79 Å². The van der Waals surface area contributed by atoms with Crippen molar-refractivity contribution in [2.75, 3.05) is 20.1 Å². The number of hydrogen-bond acceptors (Lipinski definition) is 4. The zero-order valence-electron chi connectivity index (χ0n) is 13.0. The lowest BCUT2D eigenvalue weighted by atomic mass is 10.2. The van der Waals surface area contributed by atoms with Crippen molar-refractivity contribution < 1.29 is 9.90 Å². The van der Waals surface area contributed by atoms with Crippen molar-refractivity contribution in [2.45, 2.75) is 13.1 Å². The van der Waals surface area contributed by atoms with E-state index < -0.39 is 5.97 Å². The van der Waals surface area contributed by atoms with Gasteiger partial charge in [0.2, 0.25) is 0 Å². The Balaban J connectivity index is 1.72. The maximum atomic E-state index is 10.9. The first-order valence-electron chi connectivity index (χ1n) is 7.25. The highest BCUT2D eigenvalue weighted by atomic mass is 16.4. The van der Waals surface area contributed by atoms with E-state index in [1.165, 1.54) is 5.56 Å². The number of benzene rings is 1. The fraction of sp³-hybridized carbons (Fsp3) is 0.375. The van der Waals surface area contributed by atoms with Crippen LogP contribution in [0.25, 0.3) is 0 Å². The minimum atomic E-state index is -0.996. The summed E-state index contributed by atoms with van der Waals surface area (Å²) in [5.41, 5.74) is 2.24. The van der Waals surface area contributed by atoms with E-state index in [2.05, 4.69) is 34.5 Å². The Labute approximate surface area is 130 Å². The van der Waals surface area contributed by atoms with Crippen LogP contribution < -0.4 is 5.32 Å². The molecule has 6 nitrogen and oxygen atoms in total. The highest BCUT2D eigenvalue weighted by molar-refractivity contribution is 5.85. The van der Waals surface area contributed by atoms with Crippen LogP contribution in [0, 0.1) is 0 Å². The van der Waals surface area contributed by atoms with Gasteiger partial charge in [-0.05, 0) is 18.7 Å². The minimum Gasteiger partial charge on any atom is -0.476 e. The van der Waals surface area contributed by atoms with Crippen LogP contribution in [0.2, 0.25) is 0 Å². The van der Waals surface area contributed by atoms with E-state index in [1.54, 1.807) is 17.8 Å². The number of nitrogens with zero attached hydrogens (tertiary/aromatic N) is 3. The topological polar surface area (TPSA) is 70.4 Å². The van der Waals surface area contributed by atoms with E-state index in [-0.39, 0.29) is 5.69 Å². The second kappa shape index (κ2) is 7.72. The number of carboxylic acids is 1. The Morgan fingerprint density at radius 1 is 1.36 bits per heavy atom. The molecule has 0 saturated carbocycles. The van der Waals surface area contributed by atoms with E-state index in [0.29, 0.717) is 6.54 Å². The molecule has 1 heterocycles. The number of carbonyl (C=O) groups is 1. The Hall–Kier alpha value is -2.18. The monoisotopic (exact) mass is 302 g/mol. The second-order valence-electron chi connectivity index (χ2n) is 5.35. The lowest BCUT2D eigenvalue weighted by Crippen LogP contribution is -2.29. The molecule has 22 heavy (non-hydrogen) atoms. The van der Waals surface area contributed by atoms with E-state index in [0.717, 1.165) is 25.3 Å². The lowest BCUT2D eigenvalue weighted by Gasteiger charge is -2.17. The van der Waals surface area contributed by atoms with Gasteiger partial charge in [0.05, 0.1) is 5.69 Å². The number of hydrogen-bond donors (Lipinski definition) is 2. The highest BCUT2D eigenvalue weighted by Gasteiger charge is 2.10. The van der Waals surface area contributed by atoms with Crippen LogP contribution in [0.3, 0.4) is 0 Å². The predicted molar refractivity (Wildman–Crippen MR) is 84.7 cm³/mol. The van der Waals surface area contributed by atoms with Gasteiger partial charge in [0.25, 0.3) is 0 Å². The first kappa shape index (κ1) is 16.2. The van der Waals surface area contributed by atoms with Gasteiger partial charge in [-0.15, -0.1) is 0 Å². The van der Waals surface area contributed by atoms with E-state index in [4.69, 9.17) is 5.11 Å². The number of nitrogens with one attached hydrogen (secondary N) is 1. The fourth-order valence-corrected chi connectivity index (χ4v) is 2.24. The fourth-order valence-electron chi connectivity index (χ4n) is 2.24. The largest absolute Gasteiger partial charge is 0.476 e. The molecular formula is C16H22N4O2. The van der Waals surface area contributed by atoms with Crippen LogP contribution in [0.1, 0.15) is 21.7 Å². The zero-order chi connectivity index (χ0) is 15.9. The summed E-state index contributed by atoms with van der Waals surface area (Å²) >= 11 is 0. The van der Waals surface area contributed by atoms with Gasteiger partial charge >= 0.3 is 5.97 Å². The first-order chi connectivity index (χ1) is 10.6. The van der Waals surface area contributed by atoms with Gasteiger partial charge in [0.15, 0.2) is 5.69 Å². The summed E-state index contributed by atoms with van der Waals surface area (Å²) in [7, 11) is 3.84. The van der Waals surface area contributed by atoms with Gasteiger partial charge in [0.1, 0.15) is 0 Å². The van der Waals surface area contributed by atoms with Gasteiger partial charge < -0.3 is 15.3 Å². The first-order valence-corrected chi connectivity index (χ1v) is 7.25. The van der Waals surface area contributed by atoms with Gasteiger partial charge in [0, 0.05) is 33.2 Å². The molecule has 0 atom stereocenters. The molecule has 0 bridgehead atoms. The molecule has 2 rings (SSSR count). The summed E-state index contributed by atoms with van der Waals surface area (Å²) in [6.45, 7) is 3.27. The number of aryl methyl sites for hydroxylation is 1. The summed E-state index contributed by atoms with van der Waals surface area (Å²) < 4.78 is 1.60. The van der Waals surface area contributed by atoms with Crippen LogP contribution >= 0.6 is 0 Å². The second-order valence-corrected chi connectivity index (χ2v) is 5.35. The third-order valence-electron chi connectivity index (χ3n) is 3.47. The number of aromatic carboxylic acids is 1. The molecule has 1 aromatic carbocycles. The molecule has 0 radical (unpaired) electrons. The number of rotatable bonds is 8. The Kier molecular flexibility index (Phi) is 5.68. The number of likely N-dealkylation sites (N-methyl/N-ethyl adjacent to an activating group) is 1. The maximum Gasteiger partial charge on any atom is 0.356 e. The molecule has 0 fully saturated rings. The molecule has 6 heteroatoms. The molecule has 118 valence electrons. The summed E-state index contributed by atoms with van der Waals surface area (Å²) in [5, 5.41) is 16.2. The summed E-state index contributed by atoms with van der Waals surface area (Å²) in [5.74, 6) is -0.996. The van der Waals surface area contributed by atoms with Crippen molar-refractivity contribution >= 4 is 5.97 Å². The van der Waals surface area contributed by atoms with Crippen LogP contribution in [0.15, 0.2) is 36.4 Å². The van der Waals surface area contributed by atoms with E-state index in [1.807, 2.05) is 18.2 Å². The van der Waals surface area contributed by atoms with Crippen LogP contribution in [0.5, 0.6) is 0 Å². The SMILES string of the molecule is CN(CCNCc1cc(C(=O)O)nn1C)Cc1ccccc1. The van der Waals surface area contributed by atoms with E-state index >= 15 is 0 Å². The van der Waals surface area contributed by atoms with Gasteiger partial charge in [-0.3, -0.25) is 4.68 Å². The molecule has 0 aliphatic carbocycles. The molecule has 2 aromatic rings. The smallest absolute Gasteiger partial charge is 0.356 e. The average Bonchev–Trinajstić information content (AvgIpc) is 2.86. The Morgan fingerprint density at radius 3 is 2.73 bits per heavy atom. The quantitative estimate of drug-likeness (QED) is 0.720. The molecule has 0 unspecified atom stereocenters.